The number of hydrogen-bond donors (Lipinski definition) is 1. The zero-order chi connectivity index (χ0) is 31.8. The molecule has 0 spiro atoms. The maximum Gasteiger partial charge on any atom is 0.411 e. The molecule has 44 heavy (non-hydrogen) atoms. The number of sulfonamides is 1. The second-order valence-corrected chi connectivity index (χ2v) is 14.9. The number of piperidine rings is 1. The molecule has 0 aromatic heterocycles. The van der Waals surface area contributed by atoms with Crippen molar-refractivity contribution in [2.75, 3.05) is 33.2 Å². The molecule has 2 heterocycles. The summed E-state index contributed by atoms with van der Waals surface area (Å²) in [6.07, 6.45) is 1.72. The molecule has 12 heteroatoms. The average Bonchev–Trinajstić information content (AvgIpc) is 3.59. The molecule has 0 radical (unpaired) electrons. The fourth-order valence-corrected chi connectivity index (χ4v) is 7.88. The molecule has 10 nitrogen and oxygen atoms in total. The Hall–Kier alpha value is -3.53. The Morgan fingerprint density at radius 2 is 1.80 bits per heavy atom. The van der Waals surface area contributed by atoms with Gasteiger partial charge in [-0.2, -0.15) is 9.57 Å². The van der Waals surface area contributed by atoms with E-state index in [9.17, 15) is 23.3 Å². The van der Waals surface area contributed by atoms with Crippen LogP contribution in [-0.2, 0) is 26.0 Å². The lowest BCUT2D eigenvalue weighted by atomic mass is 9.97. The summed E-state index contributed by atoms with van der Waals surface area (Å²) in [7, 11) is -1.74. The van der Waals surface area contributed by atoms with Crippen molar-refractivity contribution in [2.24, 2.45) is 5.92 Å². The van der Waals surface area contributed by atoms with Gasteiger partial charge in [-0.15, -0.1) is 0 Å². The third kappa shape index (κ3) is 6.75. The summed E-state index contributed by atoms with van der Waals surface area (Å²) in [5, 5.41) is 12.6. The number of fused-ring (bicyclic) bond motifs is 2. The standard InChI is InChI=1S/C32H40FN5O5S/c1-32(2,3)43-31(40)38-26-11-10-24(17-26)29(38)30(39)35-25(20-34)16-23-9-8-22(19-28(23)33)21-6-5-7-27(18-21)44(41,42)37-14-12-36(4)13-15-37/h5-9,18-19,24-26,29H,10-17H2,1-4H3,(H,35,39). The Balaban J connectivity index is 1.27. The van der Waals surface area contributed by atoms with Gasteiger partial charge in [0.25, 0.3) is 0 Å². The van der Waals surface area contributed by atoms with Crippen molar-refractivity contribution in [3.05, 3.63) is 53.8 Å². The molecule has 1 N–H and O–H groups in total. The number of nitrogens with one attached hydrogen (secondary N) is 1. The van der Waals surface area contributed by atoms with E-state index in [0.717, 1.165) is 12.8 Å². The van der Waals surface area contributed by atoms with Gasteiger partial charge in [-0.1, -0.05) is 24.3 Å². The summed E-state index contributed by atoms with van der Waals surface area (Å²) < 4.78 is 48.9. The Bertz CT molecular complexity index is 1560. The van der Waals surface area contributed by atoms with Crippen molar-refractivity contribution in [1.29, 1.82) is 5.26 Å². The molecule has 2 amide bonds. The Kier molecular flexibility index (Phi) is 9.03. The fourth-order valence-electron chi connectivity index (χ4n) is 6.41. The monoisotopic (exact) mass is 625 g/mol. The first kappa shape index (κ1) is 31.9. The molecule has 1 aliphatic carbocycles. The van der Waals surface area contributed by atoms with Crippen LogP contribution in [0.3, 0.4) is 0 Å². The van der Waals surface area contributed by atoms with Gasteiger partial charge in [0, 0.05) is 38.6 Å². The predicted octanol–water partition coefficient (Wildman–Crippen LogP) is 3.77. The third-order valence-corrected chi connectivity index (χ3v) is 10.6. The lowest BCUT2D eigenvalue weighted by Crippen LogP contribution is -2.55. The number of carbonyl (C=O) groups is 2. The molecular formula is C32H40FN5O5S. The molecule has 2 aromatic carbocycles. The molecule has 1 saturated carbocycles. The number of likely N-dealkylation sites (N-methyl/N-ethyl adjacent to an activating group) is 1. The molecule has 2 aromatic rings. The Morgan fingerprint density at radius 3 is 2.45 bits per heavy atom. The topological polar surface area (TPSA) is 123 Å². The number of ether oxygens (including phenoxy) is 1. The van der Waals surface area contributed by atoms with Crippen LogP contribution < -0.4 is 5.32 Å². The first-order chi connectivity index (χ1) is 20.8. The summed E-state index contributed by atoms with van der Waals surface area (Å²) in [6.45, 7) is 7.43. The maximum atomic E-state index is 15.4. The van der Waals surface area contributed by atoms with E-state index in [-0.39, 0.29) is 28.8 Å². The molecule has 236 valence electrons. The molecule has 4 unspecified atom stereocenters. The summed E-state index contributed by atoms with van der Waals surface area (Å²) >= 11 is 0. The number of nitriles is 1. The number of amides is 2. The van der Waals surface area contributed by atoms with Crippen LogP contribution in [0, 0.1) is 23.1 Å². The van der Waals surface area contributed by atoms with Gasteiger partial charge >= 0.3 is 6.09 Å². The summed E-state index contributed by atoms with van der Waals surface area (Å²) in [5.41, 5.74) is 0.571. The van der Waals surface area contributed by atoms with Crippen molar-refractivity contribution >= 4 is 22.0 Å². The van der Waals surface area contributed by atoms with Crippen LogP contribution in [0.2, 0.25) is 0 Å². The molecule has 2 saturated heterocycles. The van der Waals surface area contributed by atoms with E-state index in [1.807, 2.05) is 7.05 Å². The quantitative estimate of drug-likeness (QED) is 0.497. The largest absolute Gasteiger partial charge is 0.444 e. The van der Waals surface area contributed by atoms with Crippen LogP contribution in [0.5, 0.6) is 0 Å². The normalized spacial score (nSPS) is 23.3. The SMILES string of the molecule is CN1CCN(S(=O)(=O)c2cccc(-c3ccc(CC(C#N)NC(=O)C4C5CCC(C5)N4C(=O)OC(C)(C)C)c(F)c3)c2)CC1. The van der Waals surface area contributed by atoms with Crippen LogP contribution in [-0.4, -0.2) is 91.5 Å². The van der Waals surface area contributed by atoms with Gasteiger partial charge in [0.1, 0.15) is 23.5 Å². The summed E-state index contributed by atoms with van der Waals surface area (Å²) in [6, 6.07) is 11.2. The highest BCUT2D eigenvalue weighted by molar-refractivity contribution is 7.89. The Labute approximate surface area is 258 Å². The van der Waals surface area contributed by atoms with Crippen molar-refractivity contribution in [3.8, 4) is 17.2 Å². The molecule has 2 bridgehead atoms. The molecule has 5 rings (SSSR count). The highest BCUT2D eigenvalue weighted by atomic mass is 32.2. The summed E-state index contributed by atoms with van der Waals surface area (Å²) in [4.78, 5) is 30.1. The maximum absolute atomic E-state index is 15.4. The second kappa shape index (κ2) is 12.5. The van der Waals surface area contributed by atoms with Gasteiger partial charge in [-0.25, -0.2) is 17.6 Å². The van der Waals surface area contributed by atoms with Gasteiger partial charge < -0.3 is 15.0 Å². The van der Waals surface area contributed by atoms with Crippen LogP contribution in [0.25, 0.3) is 11.1 Å². The van der Waals surface area contributed by atoms with Crippen LogP contribution >= 0.6 is 0 Å². The van der Waals surface area contributed by atoms with Crippen LogP contribution in [0.15, 0.2) is 47.4 Å². The van der Waals surface area contributed by atoms with Gasteiger partial charge in [0.05, 0.1) is 11.0 Å². The number of piperazine rings is 1. The minimum atomic E-state index is -3.69. The zero-order valence-corrected chi connectivity index (χ0v) is 26.4. The third-order valence-electron chi connectivity index (χ3n) is 8.67. The van der Waals surface area contributed by atoms with E-state index in [0.29, 0.717) is 43.7 Å². The minimum Gasteiger partial charge on any atom is -0.444 e. The van der Waals surface area contributed by atoms with Crippen LogP contribution in [0.4, 0.5) is 9.18 Å². The van der Waals surface area contributed by atoms with E-state index in [1.54, 1.807) is 57.2 Å². The predicted molar refractivity (Wildman–Crippen MR) is 162 cm³/mol. The molecule has 4 atom stereocenters. The lowest BCUT2D eigenvalue weighted by Gasteiger charge is -2.35. The number of rotatable bonds is 7. The van der Waals surface area contributed by atoms with Crippen molar-refractivity contribution in [3.63, 3.8) is 0 Å². The van der Waals surface area contributed by atoms with Crippen molar-refractivity contribution in [2.45, 2.75) is 75.1 Å². The fraction of sp³-hybridized carbons (Fsp3) is 0.531. The number of carbonyl (C=O) groups excluding carboxylic acids is 2. The van der Waals surface area contributed by atoms with Crippen molar-refractivity contribution < 1.29 is 27.1 Å². The summed E-state index contributed by atoms with van der Waals surface area (Å²) in [5.74, 6) is -1.02. The highest BCUT2D eigenvalue weighted by Crippen LogP contribution is 2.43. The number of nitrogens with zero attached hydrogens (tertiary/aromatic N) is 4. The van der Waals surface area contributed by atoms with E-state index in [4.69, 9.17) is 4.74 Å². The highest BCUT2D eigenvalue weighted by Gasteiger charge is 2.52. The van der Waals surface area contributed by atoms with Crippen LogP contribution in [0.1, 0.15) is 45.6 Å². The Morgan fingerprint density at radius 1 is 1.09 bits per heavy atom. The van der Waals surface area contributed by atoms with E-state index in [1.165, 1.54) is 15.3 Å². The molecule has 2 aliphatic heterocycles. The van der Waals surface area contributed by atoms with Gasteiger partial charge in [-0.3, -0.25) is 9.69 Å². The first-order valence-corrected chi connectivity index (χ1v) is 16.5. The number of halogens is 1. The zero-order valence-electron chi connectivity index (χ0n) is 25.6. The van der Waals surface area contributed by atoms with Gasteiger partial charge in [0.15, 0.2) is 0 Å². The number of hydrogen-bond acceptors (Lipinski definition) is 7. The van der Waals surface area contributed by atoms with E-state index >= 15 is 4.39 Å². The number of likely N-dealkylation sites (tertiary alicyclic amines) is 1. The second-order valence-electron chi connectivity index (χ2n) is 13.0. The average molecular weight is 626 g/mol. The first-order valence-electron chi connectivity index (χ1n) is 15.1. The van der Waals surface area contributed by atoms with Gasteiger partial charge in [0.2, 0.25) is 15.9 Å². The van der Waals surface area contributed by atoms with Crippen molar-refractivity contribution in [1.82, 2.24) is 19.4 Å². The van der Waals surface area contributed by atoms with Gasteiger partial charge in [-0.05, 0) is 87.9 Å². The molecule has 3 fully saturated rings. The number of benzene rings is 2. The minimum absolute atomic E-state index is 0.0151. The lowest BCUT2D eigenvalue weighted by molar-refractivity contribution is -0.128. The van der Waals surface area contributed by atoms with E-state index in [2.05, 4.69) is 16.3 Å². The van der Waals surface area contributed by atoms with E-state index < -0.39 is 45.5 Å². The molecule has 3 aliphatic rings. The smallest absolute Gasteiger partial charge is 0.411 e. The molecular weight excluding hydrogens is 585 g/mol.